The quantitative estimate of drug-likeness (QED) is 0.388. The van der Waals surface area contributed by atoms with Gasteiger partial charge < -0.3 is 15.8 Å². The largest absolute Gasteiger partial charge is 0.409 e. The molecule has 0 heterocycles. The number of halogens is 1. The maximum Gasteiger partial charge on any atom is 0.171 e. The van der Waals surface area contributed by atoms with Crippen LogP contribution < -0.4 is 10.6 Å². The molecular formula is C15H16BrN3O. The third-order valence-electron chi connectivity index (χ3n) is 3.03. The summed E-state index contributed by atoms with van der Waals surface area (Å²) < 4.78 is 0.791. The van der Waals surface area contributed by atoms with Crippen LogP contribution in [0.15, 0.2) is 58.2 Å². The maximum absolute atomic E-state index is 8.75. The van der Waals surface area contributed by atoms with Crippen LogP contribution in [0.5, 0.6) is 0 Å². The van der Waals surface area contributed by atoms with Crippen molar-refractivity contribution in [1.29, 1.82) is 0 Å². The molecule has 2 aromatic rings. The van der Waals surface area contributed by atoms with Gasteiger partial charge in [-0.15, -0.1) is 0 Å². The lowest BCUT2D eigenvalue weighted by atomic mass is 10.1. The Morgan fingerprint density at radius 3 is 2.45 bits per heavy atom. The predicted octanol–water partition coefficient (Wildman–Crippen LogP) is 3.70. The molecule has 0 saturated carbocycles. The molecule has 0 aliphatic carbocycles. The molecule has 0 aliphatic heterocycles. The van der Waals surface area contributed by atoms with E-state index < -0.39 is 0 Å². The monoisotopic (exact) mass is 333 g/mol. The molecule has 3 N–H and O–H groups in total. The fourth-order valence-corrected chi connectivity index (χ4v) is 2.63. The van der Waals surface area contributed by atoms with Gasteiger partial charge in [-0.3, -0.25) is 0 Å². The van der Waals surface area contributed by atoms with Crippen LogP contribution in [0.1, 0.15) is 12.5 Å². The summed E-state index contributed by atoms with van der Waals surface area (Å²) in [5.74, 6) is 0.0891. The van der Waals surface area contributed by atoms with Crippen molar-refractivity contribution in [3.8, 4) is 0 Å². The van der Waals surface area contributed by atoms with Crippen molar-refractivity contribution >= 4 is 33.1 Å². The van der Waals surface area contributed by atoms with Gasteiger partial charge in [0.15, 0.2) is 5.84 Å². The van der Waals surface area contributed by atoms with Crippen LogP contribution in [0.4, 0.5) is 11.4 Å². The van der Waals surface area contributed by atoms with Gasteiger partial charge in [-0.2, -0.15) is 0 Å². The minimum Gasteiger partial charge on any atom is -0.409 e. The van der Waals surface area contributed by atoms with Gasteiger partial charge in [0.25, 0.3) is 0 Å². The molecule has 0 aromatic heterocycles. The number of nitrogens with zero attached hydrogens (tertiary/aromatic N) is 2. The number of benzene rings is 2. The van der Waals surface area contributed by atoms with E-state index >= 15 is 0 Å². The van der Waals surface area contributed by atoms with Crippen LogP contribution in [0.25, 0.3) is 0 Å². The number of anilines is 2. The molecule has 0 aliphatic rings. The Labute approximate surface area is 126 Å². The van der Waals surface area contributed by atoms with Crippen LogP contribution >= 0.6 is 15.9 Å². The number of nitrogens with two attached hydrogens (primary N) is 1. The van der Waals surface area contributed by atoms with E-state index in [9.17, 15) is 0 Å². The van der Waals surface area contributed by atoms with Crippen LogP contribution in [-0.2, 0) is 0 Å². The number of oxime groups is 1. The zero-order valence-corrected chi connectivity index (χ0v) is 12.7. The highest BCUT2D eigenvalue weighted by Crippen LogP contribution is 2.29. The number of hydrogen-bond acceptors (Lipinski definition) is 3. The summed E-state index contributed by atoms with van der Waals surface area (Å²) in [7, 11) is 0. The smallest absolute Gasteiger partial charge is 0.171 e. The molecule has 0 radical (unpaired) electrons. The second kappa shape index (κ2) is 6.43. The van der Waals surface area contributed by atoms with Crippen LogP contribution in [0.2, 0.25) is 0 Å². The lowest BCUT2D eigenvalue weighted by Gasteiger charge is -2.24. The lowest BCUT2D eigenvalue weighted by Crippen LogP contribution is -2.17. The van der Waals surface area contributed by atoms with E-state index in [0.717, 1.165) is 22.4 Å². The fourth-order valence-electron chi connectivity index (χ4n) is 2.06. The Balaban J connectivity index is 2.40. The average molecular weight is 334 g/mol. The Morgan fingerprint density at radius 2 is 1.90 bits per heavy atom. The third-order valence-corrected chi connectivity index (χ3v) is 3.69. The van der Waals surface area contributed by atoms with E-state index in [1.54, 1.807) is 0 Å². The molecule has 5 heteroatoms. The summed E-state index contributed by atoms with van der Waals surface area (Å²) in [6, 6.07) is 15.9. The predicted molar refractivity (Wildman–Crippen MR) is 85.8 cm³/mol. The molecule has 0 atom stereocenters. The van der Waals surface area contributed by atoms with Crippen molar-refractivity contribution in [3.63, 3.8) is 0 Å². The summed E-state index contributed by atoms with van der Waals surface area (Å²) in [5.41, 5.74) is 8.45. The zero-order valence-electron chi connectivity index (χ0n) is 11.1. The highest BCUT2D eigenvalue weighted by atomic mass is 79.9. The summed E-state index contributed by atoms with van der Waals surface area (Å²) in [5, 5.41) is 11.8. The molecule has 104 valence electrons. The Hall–Kier alpha value is -2.01. The zero-order chi connectivity index (χ0) is 14.5. The maximum atomic E-state index is 8.75. The van der Waals surface area contributed by atoms with Crippen LogP contribution in [0.3, 0.4) is 0 Å². The summed E-state index contributed by atoms with van der Waals surface area (Å²) in [6.45, 7) is 2.94. The fraction of sp³-hybridized carbons (Fsp3) is 0.133. The van der Waals surface area contributed by atoms with Gasteiger partial charge >= 0.3 is 0 Å². The number of rotatable bonds is 4. The molecule has 0 spiro atoms. The Kier molecular flexibility index (Phi) is 4.63. The molecule has 0 unspecified atom stereocenters. The molecule has 2 rings (SSSR count). The molecule has 0 saturated heterocycles. The van der Waals surface area contributed by atoms with E-state index in [4.69, 9.17) is 10.9 Å². The molecule has 20 heavy (non-hydrogen) atoms. The van der Waals surface area contributed by atoms with Gasteiger partial charge in [-0.05, 0) is 53.2 Å². The van der Waals surface area contributed by atoms with Crippen molar-refractivity contribution < 1.29 is 5.21 Å². The highest BCUT2D eigenvalue weighted by molar-refractivity contribution is 9.10. The first-order chi connectivity index (χ1) is 9.67. The summed E-state index contributed by atoms with van der Waals surface area (Å²) in [4.78, 5) is 2.18. The van der Waals surface area contributed by atoms with Crippen molar-refractivity contribution in [2.45, 2.75) is 6.92 Å². The number of amidine groups is 1. The van der Waals surface area contributed by atoms with Crippen molar-refractivity contribution in [3.05, 3.63) is 58.6 Å². The molecule has 0 amide bonds. The van der Waals surface area contributed by atoms with Gasteiger partial charge in [0, 0.05) is 28.0 Å². The first kappa shape index (κ1) is 14.4. The SMILES string of the molecule is CCN(c1ccccc1)c1ccc(/C(N)=N/O)c(Br)c1. The van der Waals surface area contributed by atoms with Crippen molar-refractivity contribution in [2.75, 3.05) is 11.4 Å². The minimum absolute atomic E-state index is 0.0891. The van der Waals surface area contributed by atoms with Crippen LogP contribution in [-0.4, -0.2) is 17.6 Å². The van der Waals surface area contributed by atoms with Gasteiger partial charge in [-0.1, -0.05) is 23.4 Å². The first-order valence-corrected chi connectivity index (χ1v) is 7.06. The lowest BCUT2D eigenvalue weighted by molar-refractivity contribution is 0.318. The minimum atomic E-state index is 0.0891. The second-order valence-corrected chi connectivity index (χ2v) is 5.08. The average Bonchev–Trinajstić information content (AvgIpc) is 2.48. The van der Waals surface area contributed by atoms with Gasteiger partial charge in [0.1, 0.15) is 0 Å². The Bertz CT molecular complexity index is 614. The number of hydrogen-bond donors (Lipinski definition) is 2. The molecule has 0 fully saturated rings. The van der Waals surface area contributed by atoms with Gasteiger partial charge in [0.2, 0.25) is 0 Å². The third kappa shape index (κ3) is 2.93. The molecular weight excluding hydrogens is 318 g/mol. The van der Waals surface area contributed by atoms with Gasteiger partial charge in [-0.25, -0.2) is 0 Å². The van der Waals surface area contributed by atoms with Crippen molar-refractivity contribution in [1.82, 2.24) is 0 Å². The van der Waals surface area contributed by atoms with E-state index in [1.165, 1.54) is 0 Å². The van der Waals surface area contributed by atoms with Gasteiger partial charge in [0.05, 0.1) is 0 Å². The first-order valence-electron chi connectivity index (χ1n) is 6.27. The summed E-state index contributed by atoms with van der Waals surface area (Å²) >= 11 is 3.46. The topological polar surface area (TPSA) is 61.8 Å². The van der Waals surface area contributed by atoms with E-state index in [1.807, 2.05) is 36.4 Å². The second-order valence-electron chi connectivity index (χ2n) is 4.23. The van der Waals surface area contributed by atoms with Crippen molar-refractivity contribution in [2.24, 2.45) is 10.9 Å². The molecule has 4 nitrogen and oxygen atoms in total. The Morgan fingerprint density at radius 1 is 1.20 bits per heavy atom. The summed E-state index contributed by atoms with van der Waals surface area (Å²) in [6.07, 6.45) is 0. The molecule has 2 aromatic carbocycles. The van der Waals surface area contributed by atoms with E-state index in [0.29, 0.717) is 5.56 Å². The standard InChI is InChI=1S/C15H16BrN3O/c1-2-19(11-6-4-3-5-7-11)12-8-9-13(14(16)10-12)15(17)18-20/h3-10,20H,2H2,1H3,(H2,17,18). The number of para-hydroxylation sites is 1. The highest BCUT2D eigenvalue weighted by Gasteiger charge is 2.11. The van der Waals surface area contributed by atoms with Crippen LogP contribution in [0, 0.1) is 0 Å². The van der Waals surface area contributed by atoms with E-state index in [-0.39, 0.29) is 5.84 Å². The normalized spacial score (nSPS) is 11.4. The van der Waals surface area contributed by atoms with E-state index in [2.05, 4.69) is 45.0 Å². The molecule has 0 bridgehead atoms.